The third-order valence-electron chi connectivity index (χ3n) is 3.08. The molecule has 98 valence electrons. The number of hydrogen-bond acceptors (Lipinski definition) is 2. The zero-order valence-corrected chi connectivity index (χ0v) is 10.4. The maximum absolute atomic E-state index is 11.8. The molecule has 0 aromatic rings. The van der Waals surface area contributed by atoms with Crippen LogP contribution in [0.5, 0.6) is 0 Å². The summed E-state index contributed by atoms with van der Waals surface area (Å²) in [5.41, 5.74) is 4.94. The molecule has 0 radical (unpaired) electrons. The molecule has 0 bridgehead atoms. The Morgan fingerprint density at radius 3 is 2.41 bits per heavy atom. The van der Waals surface area contributed by atoms with Gasteiger partial charge in [-0.3, -0.25) is 4.79 Å². The monoisotopic (exact) mass is 241 g/mol. The van der Waals surface area contributed by atoms with Gasteiger partial charge in [-0.1, -0.05) is 6.42 Å². The molecule has 5 nitrogen and oxygen atoms in total. The second kappa shape index (κ2) is 7.92. The van der Waals surface area contributed by atoms with E-state index in [1.807, 2.05) is 4.90 Å². The van der Waals surface area contributed by atoms with Crippen LogP contribution in [0.25, 0.3) is 0 Å². The number of nitrogens with two attached hydrogens (primary N) is 1. The molecule has 3 amide bonds. The molecule has 1 aliphatic heterocycles. The van der Waals surface area contributed by atoms with Gasteiger partial charge in [-0.05, 0) is 32.1 Å². The first-order chi connectivity index (χ1) is 8.20. The van der Waals surface area contributed by atoms with Crippen molar-refractivity contribution in [1.29, 1.82) is 0 Å². The second-order valence-electron chi connectivity index (χ2n) is 4.54. The Hall–Kier alpha value is -1.26. The highest BCUT2D eigenvalue weighted by atomic mass is 16.2. The van der Waals surface area contributed by atoms with Crippen LogP contribution in [-0.2, 0) is 4.79 Å². The van der Waals surface area contributed by atoms with E-state index >= 15 is 0 Å². The highest BCUT2D eigenvalue weighted by Crippen LogP contribution is 2.11. The zero-order chi connectivity index (χ0) is 12.5. The first kappa shape index (κ1) is 13.8. The summed E-state index contributed by atoms with van der Waals surface area (Å²) >= 11 is 0. The molecule has 3 N–H and O–H groups in total. The number of likely N-dealkylation sites (tertiary alicyclic amines) is 1. The summed E-state index contributed by atoms with van der Waals surface area (Å²) in [7, 11) is 0. The van der Waals surface area contributed by atoms with Gasteiger partial charge in [0.2, 0.25) is 5.91 Å². The molecule has 0 saturated carbocycles. The predicted octanol–water partition coefficient (Wildman–Crippen LogP) is 1.23. The van der Waals surface area contributed by atoms with Gasteiger partial charge in [-0.15, -0.1) is 0 Å². The maximum atomic E-state index is 11.8. The maximum Gasteiger partial charge on any atom is 0.312 e. The molecule has 5 heteroatoms. The molecular weight excluding hydrogens is 218 g/mol. The van der Waals surface area contributed by atoms with E-state index in [2.05, 4.69) is 5.32 Å². The van der Waals surface area contributed by atoms with Crippen LogP contribution in [0.2, 0.25) is 0 Å². The summed E-state index contributed by atoms with van der Waals surface area (Å²) in [4.78, 5) is 24.1. The molecule has 1 heterocycles. The number of rotatable bonds is 6. The van der Waals surface area contributed by atoms with E-state index < -0.39 is 6.03 Å². The van der Waals surface area contributed by atoms with E-state index in [9.17, 15) is 9.59 Å². The molecule has 0 aliphatic carbocycles. The number of amides is 3. The largest absolute Gasteiger partial charge is 0.352 e. The summed E-state index contributed by atoms with van der Waals surface area (Å²) in [5, 5.41) is 2.54. The third-order valence-corrected chi connectivity index (χ3v) is 3.08. The molecular formula is C12H23N3O2. The van der Waals surface area contributed by atoms with E-state index in [1.165, 1.54) is 6.42 Å². The fourth-order valence-electron chi connectivity index (χ4n) is 2.09. The van der Waals surface area contributed by atoms with Gasteiger partial charge in [0, 0.05) is 26.1 Å². The lowest BCUT2D eigenvalue weighted by Gasteiger charge is -2.26. The molecule has 0 atom stereocenters. The van der Waals surface area contributed by atoms with E-state index in [-0.39, 0.29) is 5.91 Å². The van der Waals surface area contributed by atoms with Crippen LogP contribution in [-0.4, -0.2) is 36.5 Å². The highest BCUT2D eigenvalue weighted by Gasteiger charge is 2.15. The zero-order valence-electron chi connectivity index (χ0n) is 10.4. The van der Waals surface area contributed by atoms with Crippen LogP contribution >= 0.6 is 0 Å². The number of nitrogens with one attached hydrogen (secondary N) is 1. The van der Waals surface area contributed by atoms with E-state index in [0.29, 0.717) is 13.0 Å². The van der Waals surface area contributed by atoms with Crippen LogP contribution in [0, 0.1) is 0 Å². The molecule has 0 aromatic heterocycles. The minimum absolute atomic E-state index is 0.285. The topological polar surface area (TPSA) is 75.4 Å². The molecule has 1 aliphatic rings. The number of urea groups is 1. The number of nitrogens with zero attached hydrogens (tertiary/aromatic N) is 1. The summed E-state index contributed by atoms with van der Waals surface area (Å²) in [6.45, 7) is 2.47. The summed E-state index contributed by atoms with van der Waals surface area (Å²) < 4.78 is 0. The summed E-state index contributed by atoms with van der Waals surface area (Å²) in [5.74, 6) is 0.285. The smallest absolute Gasteiger partial charge is 0.312 e. The van der Waals surface area contributed by atoms with Crippen LogP contribution in [0.15, 0.2) is 0 Å². The van der Waals surface area contributed by atoms with Gasteiger partial charge in [-0.2, -0.15) is 0 Å². The van der Waals surface area contributed by atoms with Crippen LogP contribution < -0.4 is 11.1 Å². The Kier molecular flexibility index (Phi) is 6.43. The van der Waals surface area contributed by atoms with Gasteiger partial charge in [0.1, 0.15) is 0 Å². The number of hydrogen-bond donors (Lipinski definition) is 2. The Labute approximate surface area is 103 Å². The van der Waals surface area contributed by atoms with Crippen LogP contribution in [0.4, 0.5) is 4.79 Å². The lowest BCUT2D eigenvalue weighted by molar-refractivity contribution is -0.132. The SMILES string of the molecule is NC(=O)NCCCCCC(=O)N1CCCCC1. The minimum atomic E-state index is -0.477. The quantitative estimate of drug-likeness (QED) is 0.686. The van der Waals surface area contributed by atoms with Gasteiger partial charge < -0.3 is 16.0 Å². The Balaban J connectivity index is 1.98. The molecule has 0 spiro atoms. The number of primary amides is 1. The van der Waals surface area contributed by atoms with Crippen molar-refractivity contribution in [1.82, 2.24) is 10.2 Å². The standard InChI is InChI=1S/C12H23N3O2/c13-12(17)14-8-4-1-3-7-11(16)15-9-5-2-6-10-15/h1-10H2,(H3,13,14,17). The minimum Gasteiger partial charge on any atom is -0.352 e. The Bertz CT molecular complexity index is 250. The summed E-state index contributed by atoms with van der Waals surface area (Å²) in [6.07, 6.45) is 6.92. The van der Waals surface area contributed by atoms with Crippen molar-refractivity contribution in [2.45, 2.75) is 44.9 Å². The second-order valence-corrected chi connectivity index (χ2v) is 4.54. The average Bonchev–Trinajstić information content (AvgIpc) is 2.34. The van der Waals surface area contributed by atoms with Crippen LogP contribution in [0.3, 0.4) is 0 Å². The van der Waals surface area contributed by atoms with Crippen molar-refractivity contribution >= 4 is 11.9 Å². The number of carbonyl (C=O) groups is 2. The van der Waals surface area contributed by atoms with Gasteiger partial charge in [0.05, 0.1) is 0 Å². The molecule has 17 heavy (non-hydrogen) atoms. The van der Waals surface area contributed by atoms with Gasteiger partial charge in [-0.25, -0.2) is 4.79 Å². The predicted molar refractivity (Wildman–Crippen MR) is 66.5 cm³/mol. The molecule has 1 saturated heterocycles. The lowest BCUT2D eigenvalue weighted by Crippen LogP contribution is -2.35. The van der Waals surface area contributed by atoms with E-state index in [0.717, 1.165) is 45.2 Å². The average molecular weight is 241 g/mol. The van der Waals surface area contributed by atoms with Gasteiger partial charge in [0.15, 0.2) is 0 Å². The van der Waals surface area contributed by atoms with Crippen molar-refractivity contribution in [3.8, 4) is 0 Å². The van der Waals surface area contributed by atoms with E-state index in [1.54, 1.807) is 0 Å². The van der Waals surface area contributed by atoms with Crippen molar-refractivity contribution in [3.63, 3.8) is 0 Å². The third kappa shape index (κ3) is 6.14. The van der Waals surface area contributed by atoms with E-state index in [4.69, 9.17) is 5.73 Å². The fourth-order valence-corrected chi connectivity index (χ4v) is 2.09. The molecule has 0 aromatic carbocycles. The number of piperidine rings is 1. The van der Waals surface area contributed by atoms with Gasteiger partial charge in [0.25, 0.3) is 0 Å². The van der Waals surface area contributed by atoms with Crippen molar-refractivity contribution in [2.75, 3.05) is 19.6 Å². The Morgan fingerprint density at radius 2 is 1.76 bits per heavy atom. The van der Waals surface area contributed by atoms with Crippen LogP contribution in [0.1, 0.15) is 44.9 Å². The number of carbonyl (C=O) groups excluding carboxylic acids is 2. The first-order valence-electron chi connectivity index (χ1n) is 6.51. The molecule has 1 fully saturated rings. The normalized spacial score (nSPS) is 15.6. The Morgan fingerprint density at radius 1 is 1.06 bits per heavy atom. The van der Waals surface area contributed by atoms with Crippen molar-refractivity contribution in [3.05, 3.63) is 0 Å². The van der Waals surface area contributed by atoms with Crippen molar-refractivity contribution in [2.24, 2.45) is 5.73 Å². The fraction of sp³-hybridized carbons (Fsp3) is 0.833. The number of unbranched alkanes of at least 4 members (excludes halogenated alkanes) is 2. The van der Waals surface area contributed by atoms with Gasteiger partial charge >= 0.3 is 6.03 Å². The summed E-state index contributed by atoms with van der Waals surface area (Å²) in [6, 6.07) is -0.477. The molecule has 1 rings (SSSR count). The lowest BCUT2D eigenvalue weighted by atomic mass is 10.1. The first-order valence-corrected chi connectivity index (χ1v) is 6.51. The van der Waals surface area contributed by atoms with Crippen molar-refractivity contribution < 1.29 is 9.59 Å². The highest BCUT2D eigenvalue weighted by molar-refractivity contribution is 5.76. The molecule has 0 unspecified atom stereocenters.